The van der Waals surface area contributed by atoms with E-state index in [9.17, 15) is 14.0 Å². The number of amides is 2. The van der Waals surface area contributed by atoms with Crippen molar-refractivity contribution in [3.05, 3.63) is 35.6 Å². The molecule has 0 bridgehead atoms. The van der Waals surface area contributed by atoms with Crippen LogP contribution in [0.1, 0.15) is 32.3 Å². The van der Waals surface area contributed by atoms with Crippen LogP contribution in [0.5, 0.6) is 0 Å². The number of benzene rings is 1. The first-order valence-corrected chi connectivity index (χ1v) is 8.16. The zero-order valence-electron chi connectivity index (χ0n) is 14.1. The molecule has 0 radical (unpaired) electrons. The van der Waals surface area contributed by atoms with Crippen LogP contribution >= 0.6 is 0 Å². The second-order valence-corrected chi connectivity index (χ2v) is 6.58. The lowest BCUT2D eigenvalue weighted by Crippen LogP contribution is -2.44. The Kier molecular flexibility index (Phi) is 5.74. The average Bonchev–Trinajstić information content (AvgIpc) is 2.53. The van der Waals surface area contributed by atoms with Crippen LogP contribution in [-0.2, 0) is 16.1 Å². The molecular formula is C18H25FN2O2. The second kappa shape index (κ2) is 7.57. The molecule has 23 heavy (non-hydrogen) atoms. The van der Waals surface area contributed by atoms with Gasteiger partial charge in [0.2, 0.25) is 11.8 Å². The van der Waals surface area contributed by atoms with Gasteiger partial charge in [-0.25, -0.2) is 4.39 Å². The number of likely N-dealkylation sites (tertiary alicyclic amines) is 1. The highest BCUT2D eigenvalue weighted by Gasteiger charge is 2.29. The molecule has 0 aliphatic carbocycles. The smallest absolute Gasteiger partial charge is 0.225 e. The number of carbonyl (C=O) groups excluding carboxylic acids is 2. The Bertz CT molecular complexity index is 566. The standard InChI is InChI=1S/C18H25FN2O2/c1-13(2)17(22)21-9-7-15(8-10-21)18(23)20(3)12-14-5-4-6-16(19)11-14/h4-6,11,13,15H,7-10,12H2,1-3H3. The zero-order valence-corrected chi connectivity index (χ0v) is 14.1. The number of carbonyl (C=O) groups is 2. The third-order valence-corrected chi connectivity index (χ3v) is 4.33. The molecule has 2 amide bonds. The maximum absolute atomic E-state index is 13.2. The monoisotopic (exact) mass is 320 g/mol. The summed E-state index contributed by atoms with van der Waals surface area (Å²) in [6, 6.07) is 6.32. The third-order valence-electron chi connectivity index (χ3n) is 4.33. The number of hydrogen-bond donors (Lipinski definition) is 0. The first-order chi connectivity index (χ1) is 10.9. The summed E-state index contributed by atoms with van der Waals surface area (Å²) in [7, 11) is 1.75. The van der Waals surface area contributed by atoms with Crippen molar-refractivity contribution in [3.63, 3.8) is 0 Å². The van der Waals surface area contributed by atoms with Gasteiger partial charge in [-0.05, 0) is 30.5 Å². The summed E-state index contributed by atoms with van der Waals surface area (Å²) in [6.07, 6.45) is 1.40. The molecule has 1 aliphatic heterocycles. The van der Waals surface area contributed by atoms with Gasteiger partial charge in [0.15, 0.2) is 0 Å². The molecular weight excluding hydrogens is 295 g/mol. The van der Waals surface area contributed by atoms with Crippen molar-refractivity contribution in [2.45, 2.75) is 33.2 Å². The molecule has 0 N–H and O–H groups in total. The van der Waals surface area contributed by atoms with E-state index in [4.69, 9.17) is 0 Å². The van der Waals surface area contributed by atoms with Crippen LogP contribution in [0.4, 0.5) is 4.39 Å². The summed E-state index contributed by atoms with van der Waals surface area (Å²) in [5, 5.41) is 0. The lowest BCUT2D eigenvalue weighted by molar-refractivity contribution is -0.141. The predicted octanol–water partition coefficient (Wildman–Crippen LogP) is 2.68. The number of nitrogens with zero attached hydrogens (tertiary/aromatic N) is 2. The molecule has 1 aromatic carbocycles. The first-order valence-electron chi connectivity index (χ1n) is 8.16. The summed E-state index contributed by atoms with van der Waals surface area (Å²) in [5.41, 5.74) is 0.785. The van der Waals surface area contributed by atoms with Gasteiger partial charge in [-0.1, -0.05) is 26.0 Å². The van der Waals surface area contributed by atoms with Gasteiger partial charge in [0, 0.05) is 38.5 Å². The van der Waals surface area contributed by atoms with Crippen molar-refractivity contribution in [1.82, 2.24) is 9.80 Å². The molecule has 0 aromatic heterocycles. The molecule has 0 unspecified atom stereocenters. The molecule has 1 aromatic rings. The highest BCUT2D eigenvalue weighted by Crippen LogP contribution is 2.21. The Morgan fingerprint density at radius 2 is 1.96 bits per heavy atom. The highest BCUT2D eigenvalue weighted by molar-refractivity contribution is 5.80. The molecule has 1 fully saturated rings. The van der Waals surface area contributed by atoms with E-state index in [0.717, 1.165) is 5.56 Å². The van der Waals surface area contributed by atoms with E-state index in [-0.39, 0.29) is 29.5 Å². The van der Waals surface area contributed by atoms with Crippen LogP contribution in [0, 0.1) is 17.7 Å². The average molecular weight is 320 g/mol. The van der Waals surface area contributed by atoms with Gasteiger partial charge in [-0.15, -0.1) is 0 Å². The number of rotatable bonds is 4. The molecule has 0 atom stereocenters. The Morgan fingerprint density at radius 1 is 1.30 bits per heavy atom. The van der Waals surface area contributed by atoms with Crippen LogP contribution in [0.3, 0.4) is 0 Å². The van der Waals surface area contributed by atoms with Crippen LogP contribution < -0.4 is 0 Å². The van der Waals surface area contributed by atoms with E-state index < -0.39 is 0 Å². The minimum atomic E-state index is -0.288. The van der Waals surface area contributed by atoms with Gasteiger partial charge in [0.25, 0.3) is 0 Å². The first kappa shape index (κ1) is 17.4. The SMILES string of the molecule is CC(C)C(=O)N1CCC(C(=O)N(C)Cc2cccc(F)c2)CC1. The quantitative estimate of drug-likeness (QED) is 0.856. The maximum Gasteiger partial charge on any atom is 0.225 e. The summed E-state index contributed by atoms with van der Waals surface area (Å²) in [6.45, 7) is 5.48. The second-order valence-electron chi connectivity index (χ2n) is 6.58. The van der Waals surface area contributed by atoms with Crippen molar-refractivity contribution < 1.29 is 14.0 Å². The fraction of sp³-hybridized carbons (Fsp3) is 0.556. The predicted molar refractivity (Wildman–Crippen MR) is 87.0 cm³/mol. The number of halogens is 1. The molecule has 1 saturated heterocycles. The minimum absolute atomic E-state index is 0.00194. The fourth-order valence-electron chi connectivity index (χ4n) is 3.01. The van der Waals surface area contributed by atoms with E-state index in [1.807, 2.05) is 24.8 Å². The molecule has 0 spiro atoms. The Balaban J connectivity index is 1.88. The van der Waals surface area contributed by atoms with E-state index in [0.29, 0.717) is 32.5 Å². The molecule has 0 saturated carbocycles. The van der Waals surface area contributed by atoms with E-state index in [1.54, 1.807) is 18.0 Å². The van der Waals surface area contributed by atoms with Crippen LogP contribution in [0.2, 0.25) is 0 Å². The lowest BCUT2D eigenvalue weighted by Gasteiger charge is -2.34. The van der Waals surface area contributed by atoms with Gasteiger partial charge in [-0.2, -0.15) is 0 Å². The maximum atomic E-state index is 13.2. The highest BCUT2D eigenvalue weighted by atomic mass is 19.1. The van der Waals surface area contributed by atoms with Crippen molar-refractivity contribution in [2.75, 3.05) is 20.1 Å². The largest absolute Gasteiger partial charge is 0.342 e. The Labute approximate surface area is 137 Å². The van der Waals surface area contributed by atoms with Gasteiger partial charge in [0.1, 0.15) is 5.82 Å². The third kappa shape index (κ3) is 4.53. The summed E-state index contributed by atoms with van der Waals surface area (Å²) in [4.78, 5) is 28.0. The van der Waals surface area contributed by atoms with E-state index in [1.165, 1.54) is 12.1 Å². The topological polar surface area (TPSA) is 40.6 Å². The van der Waals surface area contributed by atoms with Gasteiger partial charge in [-0.3, -0.25) is 9.59 Å². The number of hydrogen-bond acceptors (Lipinski definition) is 2. The van der Waals surface area contributed by atoms with Gasteiger partial charge >= 0.3 is 0 Å². The van der Waals surface area contributed by atoms with Gasteiger partial charge < -0.3 is 9.80 Å². The molecule has 5 heteroatoms. The molecule has 1 heterocycles. The van der Waals surface area contributed by atoms with Crippen molar-refractivity contribution in [1.29, 1.82) is 0 Å². The molecule has 1 aliphatic rings. The van der Waals surface area contributed by atoms with Crippen molar-refractivity contribution in [3.8, 4) is 0 Å². The van der Waals surface area contributed by atoms with Crippen molar-refractivity contribution in [2.24, 2.45) is 11.8 Å². The summed E-state index contributed by atoms with van der Waals surface area (Å²) < 4.78 is 13.2. The van der Waals surface area contributed by atoms with Crippen LogP contribution in [0.25, 0.3) is 0 Å². The minimum Gasteiger partial charge on any atom is -0.342 e. The normalized spacial score (nSPS) is 15.8. The lowest BCUT2D eigenvalue weighted by atomic mass is 9.94. The van der Waals surface area contributed by atoms with Crippen LogP contribution in [0.15, 0.2) is 24.3 Å². The summed E-state index contributed by atoms with van der Waals surface area (Å²) in [5.74, 6) is -0.110. The van der Waals surface area contributed by atoms with E-state index in [2.05, 4.69) is 0 Å². The zero-order chi connectivity index (χ0) is 17.0. The number of piperidine rings is 1. The van der Waals surface area contributed by atoms with Gasteiger partial charge in [0.05, 0.1) is 0 Å². The van der Waals surface area contributed by atoms with Crippen molar-refractivity contribution >= 4 is 11.8 Å². The molecule has 2 rings (SSSR count). The Morgan fingerprint density at radius 3 is 2.52 bits per heavy atom. The van der Waals surface area contributed by atoms with E-state index >= 15 is 0 Å². The van der Waals surface area contributed by atoms with Crippen LogP contribution in [-0.4, -0.2) is 41.8 Å². The molecule has 126 valence electrons. The molecule has 4 nitrogen and oxygen atoms in total. The Hall–Kier alpha value is -1.91. The summed E-state index contributed by atoms with van der Waals surface area (Å²) >= 11 is 0. The fourth-order valence-corrected chi connectivity index (χ4v) is 3.01.